The van der Waals surface area contributed by atoms with Gasteiger partial charge < -0.3 is 5.11 Å². The molecule has 0 aliphatic carbocycles. The van der Waals surface area contributed by atoms with Gasteiger partial charge in [-0.3, -0.25) is 0 Å². The highest BCUT2D eigenvalue weighted by Gasteiger charge is 2.17. The third-order valence-electron chi connectivity index (χ3n) is 2.23. The zero-order valence-electron chi connectivity index (χ0n) is 8.16. The number of nitriles is 1. The van der Waals surface area contributed by atoms with Crippen molar-refractivity contribution in [1.29, 1.82) is 5.26 Å². The van der Waals surface area contributed by atoms with E-state index >= 15 is 0 Å². The van der Waals surface area contributed by atoms with Gasteiger partial charge in [-0.2, -0.15) is 5.26 Å². The zero-order valence-corrected chi connectivity index (χ0v) is 8.16. The smallest absolute Gasteiger partial charge is 0.123 e. The number of aliphatic hydroxyl groups is 1. The maximum Gasteiger partial charge on any atom is 0.123 e. The summed E-state index contributed by atoms with van der Waals surface area (Å²) in [6.45, 7) is 3.35. The molecule has 0 bridgehead atoms. The van der Waals surface area contributed by atoms with Crippen molar-refractivity contribution in [3.05, 3.63) is 35.1 Å². The lowest BCUT2D eigenvalue weighted by Crippen LogP contribution is -2.08. The molecule has 3 heteroatoms. The number of benzene rings is 1. The normalized spacial score (nSPS) is 14.5. The molecule has 2 atom stereocenters. The van der Waals surface area contributed by atoms with Crippen LogP contribution in [0, 0.1) is 30.0 Å². The molecule has 0 aromatic heterocycles. The first-order chi connectivity index (χ1) is 6.56. The second-order valence-electron chi connectivity index (χ2n) is 3.36. The minimum atomic E-state index is -0.847. The summed E-state index contributed by atoms with van der Waals surface area (Å²) in [7, 11) is 0. The van der Waals surface area contributed by atoms with Gasteiger partial charge in [0, 0.05) is 0 Å². The molecule has 74 valence electrons. The number of hydrogen-bond donors (Lipinski definition) is 1. The fourth-order valence-electron chi connectivity index (χ4n) is 1.31. The predicted octanol–water partition coefficient (Wildman–Crippen LogP) is 2.33. The van der Waals surface area contributed by atoms with Gasteiger partial charge in [-0.1, -0.05) is 6.07 Å². The number of rotatable bonds is 2. The number of aliphatic hydroxyl groups excluding tert-OH is 1. The van der Waals surface area contributed by atoms with E-state index in [1.165, 1.54) is 18.2 Å². The second kappa shape index (κ2) is 4.21. The van der Waals surface area contributed by atoms with Crippen LogP contribution < -0.4 is 0 Å². The molecular weight excluding hydrogens is 181 g/mol. The molecule has 1 aromatic carbocycles. The Balaban J connectivity index is 3.03. The van der Waals surface area contributed by atoms with Crippen molar-refractivity contribution < 1.29 is 9.50 Å². The van der Waals surface area contributed by atoms with Crippen LogP contribution in [0.3, 0.4) is 0 Å². The van der Waals surface area contributed by atoms with Crippen LogP contribution >= 0.6 is 0 Å². The van der Waals surface area contributed by atoms with Crippen molar-refractivity contribution in [2.75, 3.05) is 0 Å². The number of halogens is 1. The van der Waals surface area contributed by atoms with Crippen LogP contribution in [0.1, 0.15) is 24.2 Å². The minimum Gasteiger partial charge on any atom is -0.387 e. The molecule has 1 aromatic rings. The van der Waals surface area contributed by atoms with Crippen molar-refractivity contribution in [3.8, 4) is 6.07 Å². The quantitative estimate of drug-likeness (QED) is 0.783. The van der Waals surface area contributed by atoms with Gasteiger partial charge in [0.05, 0.1) is 18.1 Å². The molecule has 0 amide bonds. The van der Waals surface area contributed by atoms with Gasteiger partial charge in [0.2, 0.25) is 0 Å². The lowest BCUT2D eigenvalue weighted by Gasteiger charge is -2.15. The summed E-state index contributed by atoms with van der Waals surface area (Å²) < 4.78 is 12.7. The largest absolute Gasteiger partial charge is 0.387 e. The van der Waals surface area contributed by atoms with Crippen LogP contribution in [0.25, 0.3) is 0 Å². The molecular formula is C11H12FNO. The van der Waals surface area contributed by atoms with E-state index in [1.807, 2.05) is 6.07 Å². The summed E-state index contributed by atoms with van der Waals surface area (Å²) in [5, 5.41) is 18.3. The monoisotopic (exact) mass is 193 g/mol. The fourth-order valence-corrected chi connectivity index (χ4v) is 1.31. The van der Waals surface area contributed by atoms with E-state index in [2.05, 4.69) is 0 Å². The number of aryl methyl sites for hydroxylation is 1. The van der Waals surface area contributed by atoms with E-state index in [0.29, 0.717) is 11.1 Å². The Kier molecular flexibility index (Phi) is 3.21. The summed E-state index contributed by atoms with van der Waals surface area (Å²) in [5.74, 6) is -0.817. The molecule has 2 unspecified atom stereocenters. The maximum absolute atomic E-state index is 12.7. The fraction of sp³-hybridized carbons (Fsp3) is 0.364. The van der Waals surface area contributed by atoms with Gasteiger partial charge in [-0.05, 0) is 37.1 Å². The summed E-state index contributed by atoms with van der Waals surface area (Å²) >= 11 is 0. The lowest BCUT2D eigenvalue weighted by atomic mass is 9.95. The highest BCUT2D eigenvalue weighted by Crippen LogP contribution is 2.24. The number of nitrogens with zero attached hydrogens (tertiary/aromatic N) is 1. The van der Waals surface area contributed by atoms with Gasteiger partial charge in [0.15, 0.2) is 0 Å². The van der Waals surface area contributed by atoms with Crippen LogP contribution in [0.15, 0.2) is 18.2 Å². The van der Waals surface area contributed by atoms with Gasteiger partial charge in [-0.25, -0.2) is 4.39 Å². The Labute approximate surface area is 82.6 Å². The molecule has 1 rings (SSSR count). The van der Waals surface area contributed by atoms with Crippen molar-refractivity contribution in [2.24, 2.45) is 5.92 Å². The Bertz CT molecular complexity index is 370. The lowest BCUT2D eigenvalue weighted by molar-refractivity contribution is 0.142. The highest BCUT2D eigenvalue weighted by atomic mass is 19.1. The van der Waals surface area contributed by atoms with Gasteiger partial charge >= 0.3 is 0 Å². The third-order valence-corrected chi connectivity index (χ3v) is 2.23. The first-order valence-electron chi connectivity index (χ1n) is 4.40. The molecule has 0 fully saturated rings. The van der Waals surface area contributed by atoms with Gasteiger partial charge in [0.1, 0.15) is 5.82 Å². The Morgan fingerprint density at radius 1 is 1.50 bits per heavy atom. The van der Waals surface area contributed by atoms with Crippen LogP contribution in [0.5, 0.6) is 0 Å². The van der Waals surface area contributed by atoms with Crippen molar-refractivity contribution in [3.63, 3.8) is 0 Å². The predicted molar refractivity (Wildman–Crippen MR) is 50.9 cm³/mol. The summed E-state index contributed by atoms with van der Waals surface area (Å²) in [4.78, 5) is 0. The maximum atomic E-state index is 12.7. The third kappa shape index (κ3) is 2.09. The standard InChI is InChI=1S/C11H12FNO/c1-7-5-9(12)3-4-10(7)11(14)8(2)6-13/h3-5,8,11,14H,1-2H3. The molecule has 0 radical (unpaired) electrons. The SMILES string of the molecule is Cc1cc(F)ccc1C(O)C(C)C#N. The van der Waals surface area contributed by atoms with E-state index in [-0.39, 0.29) is 5.82 Å². The van der Waals surface area contributed by atoms with Crippen molar-refractivity contribution >= 4 is 0 Å². The minimum absolute atomic E-state index is 0.330. The average molecular weight is 193 g/mol. The van der Waals surface area contributed by atoms with Crippen molar-refractivity contribution in [1.82, 2.24) is 0 Å². The Morgan fingerprint density at radius 2 is 2.14 bits per heavy atom. The number of hydrogen-bond acceptors (Lipinski definition) is 2. The molecule has 0 saturated carbocycles. The Hall–Kier alpha value is -1.40. The average Bonchev–Trinajstić information content (AvgIpc) is 2.15. The second-order valence-corrected chi connectivity index (χ2v) is 3.36. The van der Waals surface area contributed by atoms with E-state index in [4.69, 9.17) is 5.26 Å². The van der Waals surface area contributed by atoms with E-state index in [1.54, 1.807) is 13.8 Å². The van der Waals surface area contributed by atoms with E-state index < -0.39 is 12.0 Å². The molecule has 14 heavy (non-hydrogen) atoms. The molecule has 0 saturated heterocycles. The van der Waals surface area contributed by atoms with Crippen LogP contribution in [0.4, 0.5) is 4.39 Å². The molecule has 0 aliphatic heterocycles. The van der Waals surface area contributed by atoms with Crippen LogP contribution in [0.2, 0.25) is 0 Å². The molecule has 0 heterocycles. The highest BCUT2D eigenvalue weighted by molar-refractivity contribution is 5.29. The summed E-state index contributed by atoms with van der Waals surface area (Å²) in [5.41, 5.74) is 1.28. The first-order valence-corrected chi connectivity index (χ1v) is 4.40. The van der Waals surface area contributed by atoms with Crippen LogP contribution in [-0.4, -0.2) is 5.11 Å². The molecule has 2 nitrogen and oxygen atoms in total. The zero-order chi connectivity index (χ0) is 10.7. The van der Waals surface area contributed by atoms with Gasteiger partial charge in [-0.15, -0.1) is 0 Å². The van der Waals surface area contributed by atoms with Crippen molar-refractivity contribution in [2.45, 2.75) is 20.0 Å². The summed E-state index contributed by atoms with van der Waals surface area (Å²) in [6, 6.07) is 6.12. The van der Waals surface area contributed by atoms with Gasteiger partial charge in [0.25, 0.3) is 0 Å². The first kappa shape index (κ1) is 10.7. The molecule has 0 spiro atoms. The molecule has 0 aliphatic rings. The Morgan fingerprint density at radius 3 is 2.64 bits per heavy atom. The molecule has 1 N–H and O–H groups in total. The van der Waals surface area contributed by atoms with E-state index in [9.17, 15) is 9.50 Å². The van der Waals surface area contributed by atoms with Crippen LogP contribution in [-0.2, 0) is 0 Å². The summed E-state index contributed by atoms with van der Waals surface area (Å²) in [6.07, 6.45) is -0.847. The topological polar surface area (TPSA) is 44.0 Å². The van der Waals surface area contributed by atoms with E-state index in [0.717, 1.165) is 0 Å².